The number of hydrogen-bond acceptors (Lipinski definition) is 5. The smallest absolute Gasteiger partial charge is 0.257 e. The van der Waals surface area contributed by atoms with Gasteiger partial charge in [-0.25, -0.2) is 0 Å². The first-order valence-electron chi connectivity index (χ1n) is 9.09. The molecule has 0 fully saturated rings. The van der Waals surface area contributed by atoms with Crippen molar-refractivity contribution in [2.24, 2.45) is 4.99 Å². The summed E-state index contributed by atoms with van der Waals surface area (Å²) >= 11 is 1.75. The number of benzene rings is 1. The van der Waals surface area contributed by atoms with Crippen molar-refractivity contribution < 1.29 is 4.52 Å². The topological polar surface area (TPSA) is 75.3 Å². The van der Waals surface area contributed by atoms with E-state index in [1.54, 1.807) is 18.4 Å². The Hall–Kier alpha value is -1.94. The van der Waals surface area contributed by atoms with E-state index in [1.165, 1.54) is 10.4 Å². The number of hydrogen-bond donors (Lipinski definition) is 2. The van der Waals surface area contributed by atoms with Gasteiger partial charge in [0.2, 0.25) is 0 Å². The highest BCUT2D eigenvalue weighted by molar-refractivity contribution is 14.0. The molecule has 0 aliphatic rings. The Bertz CT molecular complexity index is 905. The summed E-state index contributed by atoms with van der Waals surface area (Å²) in [6.07, 6.45) is 1.83. The maximum absolute atomic E-state index is 5.38. The molecule has 0 saturated carbocycles. The minimum Gasteiger partial charge on any atom is -0.352 e. The third-order valence-corrected chi connectivity index (χ3v) is 5.21. The number of guanidine groups is 1. The van der Waals surface area contributed by atoms with Gasteiger partial charge in [0.1, 0.15) is 0 Å². The molecule has 3 rings (SSSR count). The van der Waals surface area contributed by atoms with Crippen LogP contribution >= 0.6 is 35.3 Å². The van der Waals surface area contributed by atoms with Gasteiger partial charge in [0, 0.05) is 30.5 Å². The van der Waals surface area contributed by atoms with Gasteiger partial charge in [0.25, 0.3) is 5.89 Å². The van der Waals surface area contributed by atoms with Crippen molar-refractivity contribution in [2.75, 3.05) is 7.05 Å². The van der Waals surface area contributed by atoms with Gasteiger partial charge in [-0.05, 0) is 48.1 Å². The van der Waals surface area contributed by atoms with Crippen molar-refractivity contribution in [1.82, 2.24) is 20.8 Å². The molecule has 0 saturated heterocycles. The molecular formula is C20H26IN5OS. The average molecular weight is 511 g/mol. The molecule has 0 spiro atoms. The standard InChI is InChI=1S/C20H25N5OS.HI/c1-4-6-18-24-19(26-25-18)16-8-5-7-15(11-16)12-22-20(21-3)23-13-17-14(2)9-10-27-17;/h5,7-11H,4,6,12-13H2,1-3H3,(H2,21,22,23);1H. The Morgan fingerprint density at radius 2 is 2.04 bits per heavy atom. The van der Waals surface area contributed by atoms with Crippen LogP contribution in [-0.4, -0.2) is 23.1 Å². The van der Waals surface area contributed by atoms with E-state index in [2.05, 4.69) is 63.2 Å². The highest BCUT2D eigenvalue weighted by Crippen LogP contribution is 2.19. The lowest BCUT2D eigenvalue weighted by Crippen LogP contribution is -2.36. The molecule has 0 unspecified atom stereocenters. The number of thiophene rings is 1. The van der Waals surface area contributed by atoms with E-state index in [4.69, 9.17) is 4.52 Å². The molecule has 8 heteroatoms. The monoisotopic (exact) mass is 511 g/mol. The maximum atomic E-state index is 5.38. The Morgan fingerprint density at radius 3 is 2.75 bits per heavy atom. The summed E-state index contributed by atoms with van der Waals surface area (Å²) in [5.41, 5.74) is 3.36. The third-order valence-electron chi connectivity index (χ3n) is 4.18. The van der Waals surface area contributed by atoms with E-state index < -0.39 is 0 Å². The van der Waals surface area contributed by atoms with Crippen molar-refractivity contribution in [1.29, 1.82) is 0 Å². The number of rotatable bonds is 7. The lowest BCUT2D eigenvalue weighted by atomic mass is 10.1. The van der Waals surface area contributed by atoms with Crippen LogP contribution < -0.4 is 10.6 Å². The number of aliphatic imine (C=N–C) groups is 1. The number of nitrogens with zero attached hydrogens (tertiary/aromatic N) is 3. The molecule has 0 radical (unpaired) electrons. The zero-order valence-corrected chi connectivity index (χ0v) is 19.5. The molecule has 3 aromatic rings. The van der Waals surface area contributed by atoms with Crippen molar-refractivity contribution in [3.8, 4) is 11.5 Å². The first kappa shape index (κ1) is 22.4. The van der Waals surface area contributed by atoms with Gasteiger partial charge in [0.05, 0.1) is 6.54 Å². The van der Waals surface area contributed by atoms with E-state index in [0.29, 0.717) is 12.4 Å². The number of aromatic nitrogens is 2. The van der Waals surface area contributed by atoms with Crippen LogP contribution in [0.25, 0.3) is 11.5 Å². The Labute approximate surface area is 186 Å². The largest absolute Gasteiger partial charge is 0.352 e. The molecule has 28 heavy (non-hydrogen) atoms. The highest BCUT2D eigenvalue weighted by atomic mass is 127. The van der Waals surface area contributed by atoms with E-state index in [-0.39, 0.29) is 24.0 Å². The summed E-state index contributed by atoms with van der Waals surface area (Å²) in [5, 5.41) is 12.8. The first-order chi connectivity index (χ1) is 13.2. The molecule has 0 aliphatic heterocycles. The Balaban J connectivity index is 0.00000280. The van der Waals surface area contributed by atoms with Crippen molar-refractivity contribution in [3.63, 3.8) is 0 Å². The van der Waals surface area contributed by atoms with Crippen LogP contribution in [0, 0.1) is 6.92 Å². The lowest BCUT2D eigenvalue weighted by Gasteiger charge is -2.12. The van der Waals surface area contributed by atoms with Crippen LogP contribution in [0.2, 0.25) is 0 Å². The van der Waals surface area contributed by atoms with Crippen LogP contribution in [0.5, 0.6) is 0 Å². The molecule has 2 aromatic heterocycles. The Morgan fingerprint density at radius 1 is 1.21 bits per heavy atom. The highest BCUT2D eigenvalue weighted by Gasteiger charge is 2.09. The predicted molar refractivity (Wildman–Crippen MR) is 125 cm³/mol. The summed E-state index contributed by atoms with van der Waals surface area (Å²) < 4.78 is 5.38. The third kappa shape index (κ3) is 6.03. The molecule has 150 valence electrons. The molecule has 0 bridgehead atoms. The molecule has 0 aliphatic carbocycles. The number of aryl methyl sites for hydroxylation is 2. The molecule has 1 aromatic carbocycles. The SMILES string of the molecule is CCCc1noc(-c2cccc(CNC(=NC)NCc3sccc3C)c2)n1.I. The maximum Gasteiger partial charge on any atom is 0.257 e. The first-order valence-corrected chi connectivity index (χ1v) is 9.97. The van der Waals surface area contributed by atoms with Crippen molar-refractivity contribution in [2.45, 2.75) is 39.8 Å². The van der Waals surface area contributed by atoms with Gasteiger partial charge in [0.15, 0.2) is 11.8 Å². The molecule has 2 heterocycles. The van der Waals surface area contributed by atoms with Gasteiger partial charge < -0.3 is 15.2 Å². The lowest BCUT2D eigenvalue weighted by molar-refractivity contribution is 0.422. The fourth-order valence-electron chi connectivity index (χ4n) is 2.67. The normalized spacial score (nSPS) is 11.2. The second-order valence-corrected chi connectivity index (χ2v) is 7.27. The van der Waals surface area contributed by atoms with E-state index in [1.807, 2.05) is 12.1 Å². The van der Waals surface area contributed by atoms with Gasteiger partial charge in [-0.15, -0.1) is 35.3 Å². The van der Waals surface area contributed by atoms with E-state index >= 15 is 0 Å². The summed E-state index contributed by atoms with van der Waals surface area (Å²) in [6.45, 7) is 5.65. The minimum atomic E-state index is 0. The number of nitrogens with one attached hydrogen (secondary N) is 2. The molecule has 0 amide bonds. The minimum absolute atomic E-state index is 0. The van der Waals surface area contributed by atoms with Crippen LogP contribution in [-0.2, 0) is 19.5 Å². The summed E-state index contributed by atoms with van der Waals surface area (Å²) in [4.78, 5) is 10.1. The fraction of sp³-hybridized carbons (Fsp3) is 0.350. The van der Waals surface area contributed by atoms with Crippen LogP contribution in [0.3, 0.4) is 0 Å². The van der Waals surface area contributed by atoms with Crippen molar-refractivity contribution in [3.05, 3.63) is 57.5 Å². The molecule has 6 nitrogen and oxygen atoms in total. The Kier molecular flexibility index (Phi) is 8.91. The quantitative estimate of drug-likeness (QED) is 0.277. The zero-order valence-electron chi connectivity index (χ0n) is 16.4. The fourth-order valence-corrected chi connectivity index (χ4v) is 3.51. The summed E-state index contributed by atoms with van der Waals surface area (Å²) in [7, 11) is 1.78. The van der Waals surface area contributed by atoms with Crippen LogP contribution in [0.1, 0.15) is 35.2 Å². The van der Waals surface area contributed by atoms with Crippen molar-refractivity contribution >= 4 is 41.3 Å². The summed E-state index contributed by atoms with van der Waals surface area (Å²) in [6, 6.07) is 10.2. The van der Waals surface area contributed by atoms with E-state index in [9.17, 15) is 0 Å². The van der Waals surface area contributed by atoms with Gasteiger partial charge in [-0.1, -0.05) is 24.2 Å². The summed E-state index contributed by atoms with van der Waals surface area (Å²) in [5.74, 6) is 2.09. The van der Waals surface area contributed by atoms with Gasteiger partial charge in [-0.2, -0.15) is 4.98 Å². The molecule has 2 N–H and O–H groups in total. The zero-order chi connectivity index (χ0) is 19.1. The average Bonchev–Trinajstić information content (AvgIpc) is 3.32. The molecule has 0 atom stereocenters. The molecular weight excluding hydrogens is 485 g/mol. The van der Waals surface area contributed by atoms with Gasteiger partial charge in [-0.3, -0.25) is 4.99 Å². The predicted octanol–water partition coefficient (Wildman–Crippen LogP) is 4.54. The van der Waals surface area contributed by atoms with Crippen LogP contribution in [0.15, 0.2) is 45.2 Å². The van der Waals surface area contributed by atoms with E-state index in [0.717, 1.165) is 42.3 Å². The number of halogens is 1. The van der Waals surface area contributed by atoms with Crippen LogP contribution in [0.4, 0.5) is 0 Å². The van der Waals surface area contributed by atoms with Gasteiger partial charge >= 0.3 is 0 Å². The second kappa shape index (κ2) is 11.2. The second-order valence-electron chi connectivity index (χ2n) is 6.27.